The minimum Gasteiger partial charge on any atom is -0.481 e. The molecule has 0 spiro atoms. The maximum atomic E-state index is 12.8. The van der Waals surface area contributed by atoms with Crippen LogP contribution in [0.5, 0.6) is 5.88 Å². The van der Waals surface area contributed by atoms with Gasteiger partial charge in [-0.3, -0.25) is 4.79 Å². The zero-order valence-electron chi connectivity index (χ0n) is 17.0. The molecule has 2 unspecified atom stereocenters. The van der Waals surface area contributed by atoms with Gasteiger partial charge in [0, 0.05) is 71.9 Å². The van der Waals surface area contributed by atoms with Crippen molar-refractivity contribution in [3.63, 3.8) is 0 Å². The molecule has 3 aromatic rings. The minimum absolute atomic E-state index is 0.303. The molecule has 0 aromatic carbocycles. The summed E-state index contributed by atoms with van der Waals surface area (Å²) in [6, 6.07) is 8.83. The molecular weight excluding hydrogens is 378 g/mol. The molecule has 2 atom stereocenters. The number of pyridine rings is 2. The molecule has 0 radical (unpaired) electrons. The third kappa shape index (κ3) is 2.83. The number of amides is 1. The maximum absolute atomic E-state index is 12.8. The van der Waals surface area contributed by atoms with E-state index < -0.39 is 0 Å². The molecule has 1 N–H and O–H groups in total. The molecule has 154 valence electrons. The van der Waals surface area contributed by atoms with Gasteiger partial charge in [0.15, 0.2) is 0 Å². The number of piperazine rings is 1. The third-order valence-corrected chi connectivity index (χ3v) is 6.77. The van der Waals surface area contributed by atoms with Crippen molar-refractivity contribution >= 4 is 22.6 Å². The van der Waals surface area contributed by atoms with E-state index in [-0.39, 0.29) is 0 Å². The topological polar surface area (TPSA) is 74.3 Å². The van der Waals surface area contributed by atoms with Gasteiger partial charge in [-0.25, -0.2) is 9.97 Å². The van der Waals surface area contributed by atoms with Crippen molar-refractivity contribution in [1.82, 2.24) is 19.9 Å². The smallest absolute Gasteiger partial charge is 0.226 e. The first-order valence-electron chi connectivity index (χ1n) is 10.8. The Morgan fingerprint density at radius 3 is 2.57 bits per heavy atom. The van der Waals surface area contributed by atoms with Crippen LogP contribution in [0.3, 0.4) is 0 Å². The molecule has 3 fully saturated rings. The van der Waals surface area contributed by atoms with Crippen LogP contribution in [0.1, 0.15) is 25.7 Å². The number of aromatic nitrogens is 3. The van der Waals surface area contributed by atoms with Crippen molar-refractivity contribution in [3.05, 3.63) is 36.7 Å². The minimum atomic E-state index is 0.303. The Kier molecular flexibility index (Phi) is 3.97. The van der Waals surface area contributed by atoms with Crippen LogP contribution >= 0.6 is 0 Å². The largest absolute Gasteiger partial charge is 0.481 e. The molecule has 2 aliphatic heterocycles. The zero-order valence-corrected chi connectivity index (χ0v) is 17.0. The van der Waals surface area contributed by atoms with E-state index in [1.54, 1.807) is 13.3 Å². The van der Waals surface area contributed by atoms with Crippen LogP contribution in [-0.4, -0.2) is 58.0 Å². The van der Waals surface area contributed by atoms with Gasteiger partial charge in [0.25, 0.3) is 0 Å². The molecule has 2 saturated heterocycles. The number of H-pyrrole nitrogens is 1. The summed E-state index contributed by atoms with van der Waals surface area (Å²) in [5.74, 6) is 1.29. The Labute approximate surface area is 175 Å². The molecule has 1 aliphatic carbocycles. The molecule has 1 saturated carbocycles. The van der Waals surface area contributed by atoms with Crippen LogP contribution in [0.2, 0.25) is 0 Å². The first-order chi connectivity index (χ1) is 14.7. The lowest BCUT2D eigenvalue weighted by molar-refractivity contribution is -0.135. The van der Waals surface area contributed by atoms with Crippen LogP contribution in [0.25, 0.3) is 22.3 Å². The Morgan fingerprint density at radius 2 is 1.83 bits per heavy atom. The summed E-state index contributed by atoms with van der Waals surface area (Å²) in [7, 11) is 1.62. The average molecular weight is 403 g/mol. The summed E-state index contributed by atoms with van der Waals surface area (Å²) in [6.45, 7) is 1.80. The van der Waals surface area contributed by atoms with Gasteiger partial charge >= 0.3 is 0 Å². The normalized spacial score (nSPS) is 23.2. The zero-order chi connectivity index (χ0) is 20.2. The first-order valence-corrected chi connectivity index (χ1v) is 10.8. The van der Waals surface area contributed by atoms with E-state index in [1.165, 1.54) is 5.69 Å². The van der Waals surface area contributed by atoms with Gasteiger partial charge in [0.2, 0.25) is 11.8 Å². The Bertz CT molecular complexity index is 1110. The van der Waals surface area contributed by atoms with Crippen LogP contribution in [0.4, 0.5) is 5.69 Å². The van der Waals surface area contributed by atoms with Gasteiger partial charge in [-0.1, -0.05) is 0 Å². The van der Waals surface area contributed by atoms with Crippen molar-refractivity contribution in [2.45, 2.75) is 37.8 Å². The van der Waals surface area contributed by atoms with Gasteiger partial charge in [-0.2, -0.15) is 0 Å². The molecule has 7 heteroatoms. The fraction of sp³-hybridized carbons (Fsp3) is 0.435. The summed E-state index contributed by atoms with van der Waals surface area (Å²) in [4.78, 5) is 29.6. The maximum Gasteiger partial charge on any atom is 0.226 e. The fourth-order valence-electron chi connectivity index (χ4n) is 5.13. The summed E-state index contributed by atoms with van der Waals surface area (Å²) in [6.07, 6.45) is 8.01. The van der Waals surface area contributed by atoms with Gasteiger partial charge in [-0.15, -0.1) is 0 Å². The van der Waals surface area contributed by atoms with E-state index in [4.69, 9.17) is 4.74 Å². The standard InChI is InChI=1S/C23H25N5O2/c1-30-21-10-15(6-8-24-21)19-11-18-20(7-9-25-22(18)26-19)27-12-16-4-5-17(13-27)28(16)23(29)14-2-3-14/h6-11,14,16-17H,2-5,12-13H2,1H3,(H,25,26). The van der Waals surface area contributed by atoms with Crippen LogP contribution in [-0.2, 0) is 4.79 Å². The number of carbonyl (C=O) groups is 1. The average Bonchev–Trinajstić information content (AvgIpc) is 3.48. The number of aromatic amines is 1. The SMILES string of the molecule is COc1cc(-c2cc3c(N4CC5CCC(C4)N5C(=O)C4CC4)ccnc3[nH]2)ccn1. The molecule has 7 nitrogen and oxygen atoms in total. The molecule has 5 heterocycles. The van der Waals surface area contributed by atoms with Gasteiger partial charge < -0.3 is 19.5 Å². The quantitative estimate of drug-likeness (QED) is 0.724. The van der Waals surface area contributed by atoms with E-state index in [1.807, 2.05) is 18.3 Å². The summed E-state index contributed by atoms with van der Waals surface area (Å²) < 4.78 is 5.27. The second-order valence-corrected chi connectivity index (χ2v) is 8.67. The molecule has 2 bridgehead atoms. The highest BCUT2D eigenvalue weighted by Crippen LogP contribution is 2.40. The number of nitrogens with one attached hydrogen (secondary N) is 1. The second kappa shape index (κ2) is 6.72. The Balaban J connectivity index is 1.32. The lowest BCUT2D eigenvalue weighted by atomic mass is 10.1. The molecule has 3 aromatic heterocycles. The number of fused-ring (bicyclic) bond motifs is 3. The fourth-order valence-corrected chi connectivity index (χ4v) is 5.13. The van der Waals surface area contributed by atoms with E-state index in [0.29, 0.717) is 29.8 Å². The van der Waals surface area contributed by atoms with Gasteiger partial charge in [0.05, 0.1) is 7.11 Å². The molecule has 3 aliphatic rings. The number of hydrogen-bond acceptors (Lipinski definition) is 5. The molecule has 30 heavy (non-hydrogen) atoms. The number of ether oxygens (including phenoxy) is 1. The number of anilines is 1. The van der Waals surface area contributed by atoms with Crippen LogP contribution < -0.4 is 9.64 Å². The lowest BCUT2D eigenvalue weighted by Crippen LogP contribution is -2.56. The predicted molar refractivity (Wildman–Crippen MR) is 114 cm³/mol. The van der Waals surface area contributed by atoms with E-state index in [2.05, 4.69) is 36.9 Å². The van der Waals surface area contributed by atoms with E-state index in [9.17, 15) is 4.79 Å². The number of carbonyl (C=O) groups excluding carboxylic acids is 1. The predicted octanol–water partition coefficient (Wildman–Crippen LogP) is 3.22. The monoisotopic (exact) mass is 403 g/mol. The van der Waals surface area contributed by atoms with Crippen molar-refractivity contribution in [3.8, 4) is 17.1 Å². The molecule has 1 amide bonds. The van der Waals surface area contributed by atoms with Crippen molar-refractivity contribution in [2.75, 3.05) is 25.1 Å². The Morgan fingerprint density at radius 1 is 1.07 bits per heavy atom. The van der Waals surface area contributed by atoms with Crippen molar-refractivity contribution < 1.29 is 9.53 Å². The van der Waals surface area contributed by atoms with Crippen molar-refractivity contribution in [2.24, 2.45) is 5.92 Å². The van der Waals surface area contributed by atoms with E-state index in [0.717, 1.165) is 61.1 Å². The van der Waals surface area contributed by atoms with Crippen LogP contribution in [0.15, 0.2) is 36.7 Å². The number of methoxy groups -OCH3 is 1. The highest BCUT2D eigenvalue weighted by atomic mass is 16.5. The third-order valence-electron chi connectivity index (χ3n) is 6.77. The highest BCUT2D eigenvalue weighted by Gasteiger charge is 2.46. The Hall–Kier alpha value is -3.09. The highest BCUT2D eigenvalue weighted by molar-refractivity contribution is 5.94. The van der Waals surface area contributed by atoms with Crippen LogP contribution in [0, 0.1) is 5.92 Å². The first kappa shape index (κ1) is 17.7. The van der Waals surface area contributed by atoms with Crippen molar-refractivity contribution in [1.29, 1.82) is 0 Å². The molecular formula is C23H25N5O2. The summed E-state index contributed by atoms with van der Waals surface area (Å²) >= 11 is 0. The molecule has 6 rings (SSSR count). The number of hydrogen-bond donors (Lipinski definition) is 1. The number of nitrogens with zero attached hydrogens (tertiary/aromatic N) is 4. The van der Waals surface area contributed by atoms with Gasteiger partial charge in [-0.05, 0) is 43.9 Å². The second-order valence-electron chi connectivity index (χ2n) is 8.67. The van der Waals surface area contributed by atoms with E-state index >= 15 is 0 Å². The summed E-state index contributed by atoms with van der Waals surface area (Å²) in [5, 5.41) is 1.12. The number of rotatable bonds is 4. The lowest BCUT2D eigenvalue weighted by Gasteiger charge is -2.42. The summed E-state index contributed by atoms with van der Waals surface area (Å²) in [5.41, 5.74) is 4.09. The van der Waals surface area contributed by atoms with Gasteiger partial charge in [0.1, 0.15) is 5.65 Å².